The molecule has 0 unspecified atom stereocenters. The summed E-state index contributed by atoms with van der Waals surface area (Å²) in [6.45, 7) is 2.03. The van der Waals surface area contributed by atoms with Crippen LogP contribution in [-0.4, -0.2) is 4.98 Å². The van der Waals surface area contributed by atoms with Crippen molar-refractivity contribution in [2.75, 3.05) is 0 Å². The smallest absolute Gasteiger partial charge is 0.147 e. The van der Waals surface area contributed by atoms with Crippen LogP contribution in [-0.2, 0) is 24.7 Å². The van der Waals surface area contributed by atoms with Crippen LogP contribution in [0, 0.1) is 19.1 Å². The molecule has 8 aromatic rings. The molecule has 0 amide bonds. The van der Waals surface area contributed by atoms with Crippen molar-refractivity contribution in [3.05, 3.63) is 182 Å². The number of hydrogen-bond donors (Lipinski definition) is 0. The van der Waals surface area contributed by atoms with Crippen LogP contribution in [0.3, 0.4) is 0 Å². The van der Waals surface area contributed by atoms with Gasteiger partial charge >= 0.3 is 0 Å². The van der Waals surface area contributed by atoms with Crippen LogP contribution in [0.5, 0.6) is 0 Å². The Morgan fingerprint density at radius 1 is 0.543 bits per heavy atom. The Bertz CT molecular complexity index is 2120. The summed E-state index contributed by atoms with van der Waals surface area (Å²) in [5.74, 6) is 0. The zero-order valence-corrected chi connectivity index (χ0v) is 28.5. The average molecular weight is 788 g/mol. The molecule has 0 atom stereocenters. The molecule has 7 aromatic carbocycles. The molecule has 0 spiro atoms. The largest absolute Gasteiger partial charge is 0.311 e. The van der Waals surface area contributed by atoms with E-state index in [1.54, 1.807) is 0 Å². The van der Waals surface area contributed by atoms with Crippen LogP contribution < -0.4 is 15.9 Å². The molecule has 0 aliphatic rings. The van der Waals surface area contributed by atoms with E-state index in [9.17, 15) is 0 Å². The number of aryl methyl sites for hydroxylation is 1. The molecule has 1 radical (unpaired) electrons. The number of rotatable bonds is 4. The maximum Gasteiger partial charge on any atom is 0.147 e. The van der Waals surface area contributed by atoms with E-state index in [2.05, 4.69) is 83.8 Å². The van der Waals surface area contributed by atoms with Gasteiger partial charge in [-0.05, 0) is 51.9 Å². The Hall–Kier alpha value is -4.65. The fourth-order valence-electron chi connectivity index (χ4n) is 5.65. The van der Waals surface area contributed by atoms with Crippen LogP contribution in [0.25, 0.3) is 43.6 Å². The maximum atomic E-state index is 15.1. The van der Waals surface area contributed by atoms with Crippen molar-refractivity contribution in [3.63, 3.8) is 0 Å². The van der Waals surface area contributed by atoms with Crippen molar-refractivity contribution in [2.24, 2.45) is 0 Å². The predicted octanol–water partition coefficient (Wildman–Crippen LogP) is 9.44. The molecule has 4 heteroatoms. The van der Waals surface area contributed by atoms with Crippen molar-refractivity contribution in [1.29, 1.82) is 0 Å². The summed E-state index contributed by atoms with van der Waals surface area (Å²) in [7, 11) is -3.15. The number of aromatic nitrogens is 1. The SMILES string of the molecule is Cc1ccc(-c2[c-]cccc2)nc1.O=P(c1[c-]cc2ccccc2c1)(c1ccc2ccccc2c1)c1ccc2ccccc2c1.[Ir]. The Morgan fingerprint density at radius 2 is 1.09 bits per heavy atom. The van der Waals surface area contributed by atoms with Gasteiger partial charge in [0, 0.05) is 36.9 Å². The van der Waals surface area contributed by atoms with Gasteiger partial charge in [-0.1, -0.05) is 108 Å². The first-order chi connectivity index (χ1) is 22.1. The summed E-state index contributed by atoms with van der Waals surface area (Å²) < 4.78 is 15.1. The van der Waals surface area contributed by atoms with Gasteiger partial charge < -0.3 is 9.55 Å². The number of hydrogen-bond acceptors (Lipinski definition) is 2. The van der Waals surface area contributed by atoms with Crippen LogP contribution in [0.15, 0.2) is 164 Å². The standard InChI is InChI=1S/C30H20OP.C12H10N.Ir/c31-32(28-16-13-22-7-1-4-10-25(22)19-28,29-17-14-23-8-2-5-11-26(23)20-29)30-18-15-24-9-3-6-12-27(24)21-30;1-10-7-8-12(13-9-10)11-5-3-2-4-6-11;/h1-17,19-21H;2-5,7-9H,1H3;/q2*-1;. The third kappa shape index (κ3) is 6.37. The van der Waals surface area contributed by atoms with Crippen molar-refractivity contribution < 1.29 is 24.7 Å². The van der Waals surface area contributed by atoms with E-state index in [0.29, 0.717) is 0 Å². The summed E-state index contributed by atoms with van der Waals surface area (Å²) in [4.78, 5) is 4.32. The van der Waals surface area contributed by atoms with E-state index in [1.165, 1.54) is 5.56 Å². The molecular formula is C42H30IrNOP-2. The molecule has 0 aliphatic carbocycles. The molecule has 1 aromatic heterocycles. The summed E-state index contributed by atoms with van der Waals surface area (Å²) >= 11 is 0. The summed E-state index contributed by atoms with van der Waals surface area (Å²) in [5.41, 5.74) is 3.20. The van der Waals surface area contributed by atoms with Gasteiger partial charge in [0.15, 0.2) is 0 Å². The Kier molecular flexibility index (Phi) is 9.38. The van der Waals surface area contributed by atoms with E-state index in [1.807, 2.05) is 104 Å². The molecule has 0 saturated heterocycles. The zero-order valence-electron chi connectivity index (χ0n) is 25.2. The first-order valence-electron chi connectivity index (χ1n) is 15.0. The molecular weight excluding hydrogens is 758 g/mol. The first kappa shape index (κ1) is 31.3. The van der Waals surface area contributed by atoms with Gasteiger partial charge in [0.2, 0.25) is 0 Å². The third-order valence-electron chi connectivity index (χ3n) is 8.09. The molecule has 0 N–H and O–H groups in total. The van der Waals surface area contributed by atoms with Crippen LogP contribution in [0.2, 0.25) is 0 Å². The van der Waals surface area contributed by atoms with Gasteiger partial charge in [-0.3, -0.25) is 0 Å². The van der Waals surface area contributed by atoms with Crippen molar-refractivity contribution in [1.82, 2.24) is 4.98 Å². The van der Waals surface area contributed by atoms with Crippen LogP contribution in [0.4, 0.5) is 0 Å². The molecule has 0 aliphatic heterocycles. The molecule has 8 rings (SSSR count). The topological polar surface area (TPSA) is 30.0 Å². The van der Waals surface area contributed by atoms with Gasteiger partial charge in [0.1, 0.15) is 7.14 Å². The van der Waals surface area contributed by atoms with Gasteiger partial charge in [-0.2, -0.15) is 18.2 Å². The second kappa shape index (κ2) is 13.8. The van der Waals surface area contributed by atoms with Crippen molar-refractivity contribution in [2.45, 2.75) is 6.92 Å². The first-order valence-corrected chi connectivity index (χ1v) is 16.7. The molecule has 2 nitrogen and oxygen atoms in total. The van der Waals surface area contributed by atoms with Gasteiger partial charge in [0.25, 0.3) is 0 Å². The fourth-order valence-corrected chi connectivity index (χ4v) is 8.28. The second-order valence-electron chi connectivity index (χ2n) is 11.1. The van der Waals surface area contributed by atoms with E-state index >= 15 is 4.57 Å². The van der Waals surface area contributed by atoms with Gasteiger partial charge in [-0.25, -0.2) is 0 Å². The number of nitrogens with zero attached hydrogens (tertiary/aromatic N) is 1. The second-order valence-corrected chi connectivity index (χ2v) is 13.8. The minimum absolute atomic E-state index is 0. The van der Waals surface area contributed by atoms with Crippen molar-refractivity contribution in [3.8, 4) is 11.3 Å². The average Bonchev–Trinajstić information content (AvgIpc) is 3.11. The molecule has 225 valence electrons. The van der Waals surface area contributed by atoms with E-state index < -0.39 is 7.14 Å². The summed E-state index contributed by atoms with van der Waals surface area (Å²) in [5, 5.41) is 9.03. The van der Waals surface area contributed by atoms with E-state index in [-0.39, 0.29) is 20.1 Å². The minimum atomic E-state index is -3.15. The number of fused-ring (bicyclic) bond motifs is 3. The predicted molar refractivity (Wildman–Crippen MR) is 190 cm³/mol. The molecule has 46 heavy (non-hydrogen) atoms. The number of pyridine rings is 1. The Morgan fingerprint density at radius 3 is 1.63 bits per heavy atom. The fraction of sp³-hybridized carbons (Fsp3) is 0.0238. The third-order valence-corrected chi connectivity index (χ3v) is 11.0. The normalized spacial score (nSPS) is 11.1. The summed E-state index contributed by atoms with van der Waals surface area (Å²) in [6.07, 6.45) is 1.87. The molecule has 0 bridgehead atoms. The van der Waals surface area contributed by atoms with Crippen LogP contribution >= 0.6 is 7.14 Å². The molecule has 1 heterocycles. The van der Waals surface area contributed by atoms with Crippen molar-refractivity contribution >= 4 is 55.4 Å². The van der Waals surface area contributed by atoms with Gasteiger partial charge in [-0.15, -0.1) is 52.7 Å². The van der Waals surface area contributed by atoms with Crippen LogP contribution in [0.1, 0.15) is 5.56 Å². The Balaban J connectivity index is 0.000000223. The zero-order chi connectivity index (χ0) is 30.6. The van der Waals surface area contributed by atoms with E-state index in [4.69, 9.17) is 0 Å². The molecule has 0 fully saturated rings. The maximum absolute atomic E-state index is 15.1. The quantitative estimate of drug-likeness (QED) is 0.132. The minimum Gasteiger partial charge on any atom is -0.311 e. The Labute approximate surface area is 283 Å². The summed E-state index contributed by atoms with van der Waals surface area (Å²) in [6, 6.07) is 59.4. The van der Waals surface area contributed by atoms with E-state index in [0.717, 1.165) is 59.5 Å². The molecule has 0 saturated carbocycles. The monoisotopic (exact) mass is 788 g/mol. The number of benzene rings is 7. The van der Waals surface area contributed by atoms with Gasteiger partial charge in [0.05, 0.1) is 0 Å².